The van der Waals surface area contributed by atoms with Crippen LogP contribution < -0.4 is 9.47 Å². The highest BCUT2D eigenvalue weighted by Gasteiger charge is 2.10. The molecular weight excluding hydrogens is 328 g/mol. The van der Waals surface area contributed by atoms with E-state index < -0.39 is 11.6 Å². The zero-order valence-corrected chi connectivity index (χ0v) is 14.3. The Morgan fingerprint density at radius 3 is 2.28 bits per heavy atom. The smallest absolute Gasteiger partial charge is 0.246 e. The van der Waals surface area contributed by atoms with Gasteiger partial charge < -0.3 is 14.4 Å². The molecule has 1 amide bonds. The number of hydrogen-bond donors (Lipinski definition) is 0. The summed E-state index contributed by atoms with van der Waals surface area (Å²) >= 11 is 0. The molecule has 0 atom stereocenters. The van der Waals surface area contributed by atoms with Gasteiger partial charge in [0.2, 0.25) is 5.91 Å². The predicted octanol–water partition coefficient (Wildman–Crippen LogP) is 3.65. The minimum absolute atomic E-state index is 0.0384. The maximum Gasteiger partial charge on any atom is 0.246 e. The van der Waals surface area contributed by atoms with Crippen molar-refractivity contribution in [3.63, 3.8) is 0 Å². The zero-order valence-electron chi connectivity index (χ0n) is 14.3. The molecule has 0 saturated carbocycles. The summed E-state index contributed by atoms with van der Waals surface area (Å²) < 4.78 is 36.9. The second-order valence-corrected chi connectivity index (χ2v) is 5.41. The molecule has 0 unspecified atom stereocenters. The Balaban J connectivity index is 2.09. The number of nitrogens with zero attached hydrogens (tertiary/aromatic N) is 1. The number of methoxy groups -OCH3 is 2. The predicted molar refractivity (Wildman–Crippen MR) is 91.4 cm³/mol. The number of carbonyl (C=O) groups is 1. The third kappa shape index (κ3) is 5.04. The van der Waals surface area contributed by atoms with Crippen LogP contribution in [0.2, 0.25) is 0 Å². The Morgan fingerprint density at radius 1 is 1.08 bits per heavy atom. The topological polar surface area (TPSA) is 38.8 Å². The number of amides is 1. The fourth-order valence-corrected chi connectivity index (χ4v) is 2.20. The third-order valence-electron chi connectivity index (χ3n) is 3.59. The van der Waals surface area contributed by atoms with Crippen molar-refractivity contribution in [3.05, 3.63) is 65.2 Å². The van der Waals surface area contributed by atoms with Gasteiger partial charge in [0, 0.05) is 37.4 Å². The van der Waals surface area contributed by atoms with E-state index in [1.54, 1.807) is 45.5 Å². The van der Waals surface area contributed by atoms with Crippen LogP contribution in [0.15, 0.2) is 42.5 Å². The van der Waals surface area contributed by atoms with Crippen molar-refractivity contribution in [1.29, 1.82) is 0 Å². The quantitative estimate of drug-likeness (QED) is 0.749. The van der Waals surface area contributed by atoms with E-state index in [4.69, 9.17) is 9.47 Å². The Labute approximate surface area is 145 Å². The SMILES string of the molecule is COc1cc(/C=C/C(=O)N(C)Cc2ccc(F)cc2F)cc(OC)c1. The number of hydrogen-bond acceptors (Lipinski definition) is 3. The van der Waals surface area contributed by atoms with Gasteiger partial charge >= 0.3 is 0 Å². The number of carbonyl (C=O) groups excluding carboxylic acids is 1. The molecule has 0 N–H and O–H groups in total. The maximum atomic E-state index is 13.7. The molecule has 0 fully saturated rings. The summed E-state index contributed by atoms with van der Waals surface area (Å²) in [6, 6.07) is 8.52. The van der Waals surface area contributed by atoms with E-state index in [-0.39, 0.29) is 18.0 Å². The largest absolute Gasteiger partial charge is 0.497 e. The van der Waals surface area contributed by atoms with Gasteiger partial charge in [-0.05, 0) is 29.8 Å². The summed E-state index contributed by atoms with van der Waals surface area (Å²) in [5, 5.41) is 0. The lowest BCUT2D eigenvalue weighted by Crippen LogP contribution is -2.24. The molecule has 2 aromatic carbocycles. The normalized spacial score (nSPS) is 10.8. The number of rotatable bonds is 6. The Hall–Kier alpha value is -2.89. The monoisotopic (exact) mass is 347 g/mol. The van der Waals surface area contributed by atoms with E-state index in [0.29, 0.717) is 11.5 Å². The van der Waals surface area contributed by atoms with Crippen molar-refractivity contribution in [1.82, 2.24) is 4.90 Å². The number of ether oxygens (including phenoxy) is 2. The average molecular weight is 347 g/mol. The van der Waals surface area contributed by atoms with Gasteiger partial charge in [-0.1, -0.05) is 6.07 Å². The van der Waals surface area contributed by atoms with E-state index in [9.17, 15) is 13.6 Å². The lowest BCUT2D eigenvalue weighted by Gasteiger charge is -2.15. The summed E-state index contributed by atoms with van der Waals surface area (Å²) in [5.74, 6) is -0.435. The molecule has 0 spiro atoms. The minimum atomic E-state index is -0.679. The number of benzene rings is 2. The zero-order chi connectivity index (χ0) is 18.4. The fraction of sp³-hybridized carbons (Fsp3) is 0.211. The Bertz CT molecular complexity index is 768. The molecule has 2 aromatic rings. The van der Waals surface area contributed by atoms with Gasteiger partial charge in [-0.2, -0.15) is 0 Å². The van der Waals surface area contributed by atoms with Crippen molar-refractivity contribution in [2.75, 3.05) is 21.3 Å². The van der Waals surface area contributed by atoms with E-state index in [1.165, 1.54) is 17.0 Å². The minimum Gasteiger partial charge on any atom is -0.497 e. The van der Waals surface area contributed by atoms with Crippen molar-refractivity contribution < 1.29 is 23.0 Å². The highest BCUT2D eigenvalue weighted by atomic mass is 19.1. The molecule has 0 aliphatic heterocycles. The molecule has 4 nitrogen and oxygen atoms in total. The average Bonchev–Trinajstić information content (AvgIpc) is 2.61. The molecule has 0 bridgehead atoms. The van der Waals surface area contributed by atoms with Crippen LogP contribution in [0.1, 0.15) is 11.1 Å². The number of halogens is 2. The second-order valence-electron chi connectivity index (χ2n) is 5.41. The van der Waals surface area contributed by atoms with Gasteiger partial charge in [0.25, 0.3) is 0 Å². The van der Waals surface area contributed by atoms with Crippen LogP contribution in [0, 0.1) is 11.6 Å². The Kier molecular flexibility index (Phi) is 6.11. The van der Waals surface area contributed by atoms with Gasteiger partial charge in [-0.25, -0.2) is 8.78 Å². The van der Waals surface area contributed by atoms with Crippen LogP contribution in [-0.2, 0) is 11.3 Å². The highest BCUT2D eigenvalue weighted by molar-refractivity contribution is 5.91. The lowest BCUT2D eigenvalue weighted by atomic mass is 10.1. The first-order chi connectivity index (χ1) is 11.9. The Morgan fingerprint density at radius 2 is 1.72 bits per heavy atom. The van der Waals surface area contributed by atoms with Gasteiger partial charge in [0.15, 0.2) is 0 Å². The van der Waals surface area contributed by atoms with Gasteiger partial charge in [-0.3, -0.25) is 4.79 Å². The summed E-state index contributed by atoms with van der Waals surface area (Å²) in [5.41, 5.74) is 0.972. The molecule has 0 saturated heterocycles. The molecule has 132 valence electrons. The molecule has 0 radical (unpaired) electrons. The molecule has 25 heavy (non-hydrogen) atoms. The molecular formula is C19H19F2NO3. The molecule has 0 aromatic heterocycles. The standard InChI is InChI=1S/C19H19F2NO3/c1-22(12-14-5-6-15(20)10-18(14)21)19(23)7-4-13-8-16(24-2)11-17(9-13)25-3/h4-11H,12H2,1-3H3/b7-4+. The number of likely N-dealkylation sites (N-methyl/N-ethyl adjacent to an activating group) is 1. The van der Waals surface area contributed by atoms with Crippen molar-refractivity contribution >= 4 is 12.0 Å². The van der Waals surface area contributed by atoms with Crippen LogP contribution in [0.5, 0.6) is 11.5 Å². The lowest BCUT2D eigenvalue weighted by molar-refractivity contribution is -0.125. The van der Waals surface area contributed by atoms with E-state index in [0.717, 1.165) is 17.7 Å². The van der Waals surface area contributed by atoms with E-state index in [1.807, 2.05) is 0 Å². The molecule has 0 aliphatic carbocycles. The van der Waals surface area contributed by atoms with E-state index >= 15 is 0 Å². The first-order valence-electron chi connectivity index (χ1n) is 7.53. The van der Waals surface area contributed by atoms with Gasteiger partial charge in [0.05, 0.1) is 14.2 Å². The van der Waals surface area contributed by atoms with E-state index in [2.05, 4.69) is 0 Å². The molecule has 2 rings (SSSR count). The third-order valence-corrected chi connectivity index (χ3v) is 3.59. The summed E-state index contributed by atoms with van der Waals surface area (Å²) in [6.45, 7) is 0.0384. The maximum absolute atomic E-state index is 13.7. The highest BCUT2D eigenvalue weighted by Crippen LogP contribution is 2.23. The van der Waals surface area contributed by atoms with Crippen LogP contribution in [0.3, 0.4) is 0 Å². The summed E-state index contributed by atoms with van der Waals surface area (Å²) in [7, 11) is 4.62. The second kappa shape index (κ2) is 8.28. The van der Waals surface area contributed by atoms with Crippen molar-refractivity contribution in [2.45, 2.75) is 6.54 Å². The van der Waals surface area contributed by atoms with Crippen molar-refractivity contribution in [2.24, 2.45) is 0 Å². The first-order valence-corrected chi connectivity index (χ1v) is 7.53. The van der Waals surface area contributed by atoms with Crippen LogP contribution >= 0.6 is 0 Å². The summed E-state index contributed by atoms with van der Waals surface area (Å²) in [4.78, 5) is 13.5. The van der Waals surface area contributed by atoms with Crippen LogP contribution in [-0.4, -0.2) is 32.1 Å². The first kappa shape index (κ1) is 18.4. The summed E-state index contributed by atoms with van der Waals surface area (Å²) in [6.07, 6.45) is 2.99. The molecule has 0 heterocycles. The van der Waals surface area contributed by atoms with Gasteiger partial charge in [-0.15, -0.1) is 0 Å². The molecule has 6 heteroatoms. The van der Waals surface area contributed by atoms with Crippen LogP contribution in [0.4, 0.5) is 8.78 Å². The van der Waals surface area contributed by atoms with Gasteiger partial charge in [0.1, 0.15) is 23.1 Å². The molecule has 0 aliphatic rings. The van der Waals surface area contributed by atoms with Crippen molar-refractivity contribution in [3.8, 4) is 11.5 Å². The van der Waals surface area contributed by atoms with Crippen LogP contribution in [0.25, 0.3) is 6.08 Å². The fourth-order valence-electron chi connectivity index (χ4n) is 2.20.